The highest BCUT2D eigenvalue weighted by atomic mass is 16.5. The summed E-state index contributed by atoms with van der Waals surface area (Å²) in [4.78, 5) is 0. The van der Waals surface area contributed by atoms with Crippen LogP contribution in [0.2, 0.25) is 0 Å². The van der Waals surface area contributed by atoms with Gasteiger partial charge in [0.05, 0.1) is 6.61 Å². The van der Waals surface area contributed by atoms with Crippen LogP contribution >= 0.6 is 0 Å². The summed E-state index contributed by atoms with van der Waals surface area (Å²) in [6.07, 6.45) is 3.68. The summed E-state index contributed by atoms with van der Waals surface area (Å²) in [6.45, 7) is 9.72. The molecule has 2 rings (SSSR count). The van der Waals surface area contributed by atoms with Crippen LogP contribution in [0.5, 0.6) is 5.75 Å². The van der Waals surface area contributed by atoms with Crippen molar-refractivity contribution in [3.63, 3.8) is 0 Å². The van der Waals surface area contributed by atoms with Crippen LogP contribution in [-0.2, 0) is 5.41 Å². The molecule has 1 aromatic carbocycles. The zero-order valence-corrected chi connectivity index (χ0v) is 13.4. The molecule has 3 unspecified atom stereocenters. The molecule has 0 amide bonds. The molecule has 2 N–H and O–H groups in total. The smallest absolute Gasteiger partial charge is 0.119 e. The molecule has 1 aromatic rings. The van der Waals surface area contributed by atoms with E-state index in [0.29, 0.717) is 18.6 Å². The minimum absolute atomic E-state index is 0.104. The fraction of sp³-hybridized carbons (Fsp3) is 0.667. The van der Waals surface area contributed by atoms with E-state index in [0.717, 1.165) is 18.1 Å². The quantitative estimate of drug-likeness (QED) is 0.897. The third-order valence-electron chi connectivity index (χ3n) is 4.98. The first kappa shape index (κ1) is 15.4. The summed E-state index contributed by atoms with van der Waals surface area (Å²) in [5.41, 5.74) is 7.91. The van der Waals surface area contributed by atoms with Gasteiger partial charge in [0.25, 0.3) is 0 Å². The first-order valence-electron chi connectivity index (χ1n) is 7.94. The van der Waals surface area contributed by atoms with Gasteiger partial charge in [-0.2, -0.15) is 0 Å². The van der Waals surface area contributed by atoms with Gasteiger partial charge in [0.2, 0.25) is 0 Å². The van der Waals surface area contributed by atoms with Gasteiger partial charge in [0.15, 0.2) is 0 Å². The Morgan fingerprint density at radius 1 is 1.30 bits per heavy atom. The van der Waals surface area contributed by atoms with Gasteiger partial charge in [-0.3, -0.25) is 0 Å². The Balaban J connectivity index is 2.22. The highest BCUT2D eigenvalue weighted by molar-refractivity contribution is 5.34. The van der Waals surface area contributed by atoms with Crippen LogP contribution in [0, 0.1) is 11.8 Å². The highest BCUT2D eigenvalue weighted by Gasteiger charge is 2.38. The molecule has 0 bridgehead atoms. The lowest BCUT2D eigenvalue weighted by Crippen LogP contribution is -2.45. The van der Waals surface area contributed by atoms with Gasteiger partial charge in [-0.25, -0.2) is 0 Å². The van der Waals surface area contributed by atoms with Crippen molar-refractivity contribution in [3.05, 3.63) is 29.8 Å². The van der Waals surface area contributed by atoms with Crippen molar-refractivity contribution < 1.29 is 4.74 Å². The maximum absolute atomic E-state index is 6.46. The molecule has 2 heteroatoms. The van der Waals surface area contributed by atoms with Crippen LogP contribution in [0.4, 0.5) is 0 Å². The maximum atomic E-state index is 6.46. The molecule has 1 aliphatic carbocycles. The summed E-state index contributed by atoms with van der Waals surface area (Å²) in [7, 11) is 0. The molecule has 0 spiro atoms. The van der Waals surface area contributed by atoms with Crippen molar-refractivity contribution in [2.24, 2.45) is 17.6 Å². The van der Waals surface area contributed by atoms with E-state index in [2.05, 4.69) is 39.0 Å². The molecule has 3 atom stereocenters. The third kappa shape index (κ3) is 3.17. The second-order valence-electron chi connectivity index (χ2n) is 6.87. The summed E-state index contributed by atoms with van der Waals surface area (Å²) >= 11 is 0. The number of ether oxygens (including phenoxy) is 1. The molecule has 0 radical (unpaired) electrons. The molecular formula is C18H29NO. The molecule has 0 aliphatic heterocycles. The first-order valence-corrected chi connectivity index (χ1v) is 7.94. The topological polar surface area (TPSA) is 35.2 Å². The largest absolute Gasteiger partial charge is 0.494 e. The van der Waals surface area contributed by atoms with Crippen molar-refractivity contribution in [1.29, 1.82) is 0 Å². The molecule has 112 valence electrons. The van der Waals surface area contributed by atoms with Crippen molar-refractivity contribution >= 4 is 0 Å². The second-order valence-corrected chi connectivity index (χ2v) is 6.87. The van der Waals surface area contributed by atoms with Crippen LogP contribution < -0.4 is 10.5 Å². The molecule has 1 aliphatic rings. The Bertz CT molecular complexity index is 441. The summed E-state index contributed by atoms with van der Waals surface area (Å²) in [5.74, 6) is 2.29. The van der Waals surface area contributed by atoms with Gasteiger partial charge in [-0.05, 0) is 54.7 Å². The minimum atomic E-state index is 0.104. The van der Waals surface area contributed by atoms with Crippen molar-refractivity contribution in [2.75, 3.05) is 6.61 Å². The molecule has 2 nitrogen and oxygen atoms in total. The molecule has 0 saturated heterocycles. The van der Waals surface area contributed by atoms with Crippen LogP contribution in [0.25, 0.3) is 0 Å². The fourth-order valence-electron chi connectivity index (χ4n) is 3.69. The third-order valence-corrected chi connectivity index (χ3v) is 4.98. The zero-order chi connectivity index (χ0) is 14.8. The van der Waals surface area contributed by atoms with Gasteiger partial charge >= 0.3 is 0 Å². The number of benzene rings is 1. The fourth-order valence-corrected chi connectivity index (χ4v) is 3.69. The Labute approximate surface area is 123 Å². The number of hydrogen-bond acceptors (Lipinski definition) is 2. The standard InChI is InChI=1S/C18H29NO/c1-5-20-15-8-6-7-14(12-15)18(3,4)16-10-9-13(2)11-17(16)19/h6-8,12-13,16-17H,5,9-11,19H2,1-4H3. The van der Waals surface area contributed by atoms with Crippen molar-refractivity contribution in [3.8, 4) is 5.75 Å². The predicted octanol–water partition coefficient (Wildman–Crippen LogP) is 4.13. The minimum Gasteiger partial charge on any atom is -0.494 e. The van der Waals surface area contributed by atoms with E-state index in [-0.39, 0.29) is 5.41 Å². The Kier molecular flexibility index (Phi) is 4.74. The second kappa shape index (κ2) is 6.17. The Hall–Kier alpha value is -1.02. The van der Waals surface area contributed by atoms with Crippen LogP contribution in [0.1, 0.15) is 52.5 Å². The van der Waals surface area contributed by atoms with E-state index < -0.39 is 0 Å². The highest BCUT2D eigenvalue weighted by Crippen LogP contribution is 2.42. The van der Waals surface area contributed by atoms with Crippen LogP contribution in [-0.4, -0.2) is 12.6 Å². The van der Waals surface area contributed by atoms with E-state index in [4.69, 9.17) is 10.5 Å². The normalized spacial score (nSPS) is 27.4. The van der Waals surface area contributed by atoms with Gasteiger partial charge < -0.3 is 10.5 Å². The van der Waals surface area contributed by atoms with Gasteiger partial charge in [-0.1, -0.05) is 39.3 Å². The SMILES string of the molecule is CCOc1cccc(C(C)(C)C2CCC(C)CC2N)c1. The van der Waals surface area contributed by atoms with E-state index in [1.165, 1.54) is 18.4 Å². The van der Waals surface area contributed by atoms with Gasteiger partial charge in [0.1, 0.15) is 5.75 Å². The Morgan fingerprint density at radius 2 is 2.05 bits per heavy atom. The Morgan fingerprint density at radius 3 is 2.70 bits per heavy atom. The van der Waals surface area contributed by atoms with Crippen molar-refractivity contribution in [2.45, 2.75) is 58.4 Å². The molecule has 1 saturated carbocycles. The van der Waals surface area contributed by atoms with Gasteiger partial charge in [-0.15, -0.1) is 0 Å². The summed E-state index contributed by atoms with van der Waals surface area (Å²) in [5, 5.41) is 0. The van der Waals surface area contributed by atoms with E-state index >= 15 is 0 Å². The van der Waals surface area contributed by atoms with E-state index in [1.54, 1.807) is 0 Å². The first-order chi connectivity index (χ1) is 9.45. The van der Waals surface area contributed by atoms with Gasteiger partial charge in [0, 0.05) is 6.04 Å². The number of nitrogens with two attached hydrogens (primary N) is 1. The van der Waals surface area contributed by atoms with Crippen molar-refractivity contribution in [1.82, 2.24) is 0 Å². The number of hydrogen-bond donors (Lipinski definition) is 1. The summed E-state index contributed by atoms with van der Waals surface area (Å²) < 4.78 is 5.64. The molecule has 1 fully saturated rings. The lowest BCUT2D eigenvalue weighted by molar-refractivity contribution is 0.170. The number of rotatable bonds is 4. The molecule has 0 heterocycles. The van der Waals surface area contributed by atoms with Crippen LogP contribution in [0.3, 0.4) is 0 Å². The zero-order valence-electron chi connectivity index (χ0n) is 13.4. The lowest BCUT2D eigenvalue weighted by atomic mass is 9.64. The molecule has 0 aromatic heterocycles. The average molecular weight is 275 g/mol. The molecule has 20 heavy (non-hydrogen) atoms. The van der Waals surface area contributed by atoms with E-state index in [9.17, 15) is 0 Å². The average Bonchev–Trinajstić information content (AvgIpc) is 2.39. The lowest BCUT2D eigenvalue weighted by Gasteiger charge is -2.43. The maximum Gasteiger partial charge on any atom is 0.119 e. The molecular weight excluding hydrogens is 246 g/mol. The predicted molar refractivity (Wildman–Crippen MR) is 85.1 cm³/mol. The van der Waals surface area contributed by atoms with Crippen LogP contribution in [0.15, 0.2) is 24.3 Å². The monoisotopic (exact) mass is 275 g/mol. The summed E-state index contributed by atoms with van der Waals surface area (Å²) in [6, 6.07) is 8.84. The van der Waals surface area contributed by atoms with E-state index in [1.807, 2.05) is 13.0 Å².